The van der Waals surface area contributed by atoms with E-state index < -0.39 is 11.6 Å². The maximum atomic E-state index is 12.6. The van der Waals surface area contributed by atoms with Crippen LogP contribution in [0.5, 0.6) is 28.7 Å². The van der Waals surface area contributed by atoms with Gasteiger partial charge in [0.2, 0.25) is 5.75 Å². The van der Waals surface area contributed by atoms with Crippen LogP contribution in [0.1, 0.15) is 46.0 Å². The Balaban J connectivity index is 1.80. The van der Waals surface area contributed by atoms with Crippen LogP contribution >= 0.6 is 0 Å². The summed E-state index contributed by atoms with van der Waals surface area (Å²) in [5.41, 5.74) is 3.00. The Labute approximate surface area is 176 Å². The second-order valence-corrected chi connectivity index (χ2v) is 7.89. The number of aromatic hydroxyl groups is 2. The third-order valence-electron chi connectivity index (χ3n) is 5.82. The van der Waals surface area contributed by atoms with Crippen molar-refractivity contribution in [1.82, 2.24) is 0 Å². The fourth-order valence-corrected chi connectivity index (χ4v) is 3.71. The van der Waals surface area contributed by atoms with Gasteiger partial charge in [-0.2, -0.15) is 0 Å². The predicted octanol–water partition coefficient (Wildman–Crippen LogP) is 3.98. The van der Waals surface area contributed by atoms with Crippen molar-refractivity contribution in [2.45, 2.75) is 46.1 Å². The second kappa shape index (κ2) is 7.97. The molecular formula is C23H28O7. The first-order valence-electron chi connectivity index (χ1n) is 9.74. The van der Waals surface area contributed by atoms with E-state index in [9.17, 15) is 15.0 Å². The molecule has 1 heterocycles. The summed E-state index contributed by atoms with van der Waals surface area (Å²) in [6, 6.07) is 2.80. The summed E-state index contributed by atoms with van der Waals surface area (Å²) in [5, 5.41) is 20.3. The van der Waals surface area contributed by atoms with Gasteiger partial charge in [-0.05, 0) is 69.4 Å². The summed E-state index contributed by atoms with van der Waals surface area (Å²) in [6.07, 6.45) is 1.35. The lowest BCUT2D eigenvalue weighted by Gasteiger charge is -2.37. The number of phenolic OH excluding ortho intramolecular Hbond substituents is 2. The van der Waals surface area contributed by atoms with E-state index in [2.05, 4.69) is 0 Å². The molecule has 0 aromatic heterocycles. The average Bonchev–Trinajstić information content (AvgIpc) is 2.74. The van der Waals surface area contributed by atoms with Gasteiger partial charge in [0, 0.05) is 5.56 Å². The van der Waals surface area contributed by atoms with Crippen LogP contribution in [-0.2, 0) is 11.2 Å². The molecule has 2 aromatic rings. The van der Waals surface area contributed by atoms with Crippen LogP contribution in [0.15, 0.2) is 12.1 Å². The zero-order valence-corrected chi connectivity index (χ0v) is 18.2. The van der Waals surface area contributed by atoms with Crippen molar-refractivity contribution in [3.63, 3.8) is 0 Å². The van der Waals surface area contributed by atoms with Crippen molar-refractivity contribution >= 4 is 5.97 Å². The van der Waals surface area contributed by atoms with Gasteiger partial charge in [0.05, 0.1) is 19.8 Å². The lowest BCUT2D eigenvalue weighted by atomic mass is 9.87. The maximum Gasteiger partial charge on any atom is 0.338 e. The number of hydrogen-bond acceptors (Lipinski definition) is 7. The van der Waals surface area contributed by atoms with Crippen molar-refractivity contribution in [2.75, 3.05) is 20.8 Å². The minimum absolute atomic E-state index is 0.0508. The molecule has 1 aliphatic heterocycles. The topological polar surface area (TPSA) is 94.5 Å². The fourth-order valence-electron chi connectivity index (χ4n) is 3.71. The molecule has 0 saturated carbocycles. The molecule has 1 unspecified atom stereocenters. The monoisotopic (exact) mass is 416 g/mol. The molecule has 7 nitrogen and oxygen atoms in total. The first kappa shape index (κ1) is 21.6. The average molecular weight is 416 g/mol. The normalized spacial score (nSPS) is 17.7. The van der Waals surface area contributed by atoms with Gasteiger partial charge in [0.25, 0.3) is 0 Å². The third-order valence-corrected chi connectivity index (χ3v) is 5.82. The first-order valence-corrected chi connectivity index (χ1v) is 9.74. The van der Waals surface area contributed by atoms with Crippen molar-refractivity contribution in [3.05, 3.63) is 39.9 Å². The SMILES string of the molecule is COc1cc(C(=O)OCC2(C)CCc3c(C)c(O)c(C)c(C)c3O2)cc(OC)c1O. The lowest BCUT2D eigenvalue weighted by Crippen LogP contribution is -2.42. The van der Waals surface area contributed by atoms with Gasteiger partial charge in [-0.15, -0.1) is 0 Å². The number of esters is 1. The fraction of sp³-hybridized carbons (Fsp3) is 0.435. The number of carbonyl (C=O) groups is 1. The Morgan fingerprint density at radius 3 is 2.20 bits per heavy atom. The van der Waals surface area contributed by atoms with Crippen molar-refractivity contribution in [1.29, 1.82) is 0 Å². The molecule has 0 amide bonds. The smallest absolute Gasteiger partial charge is 0.338 e. The molecule has 30 heavy (non-hydrogen) atoms. The largest absolute Gasteiger partial charge is 0.507 e. The zero-order valence-electron chi connectivity index (χ0n) is 18.2. The van der Waals surface area contributed by atoms with Crippen molar-refractivity contribution in [3.8, 4) is 28.7 Å². The van der Waals surface area contributed by atoms with Crippen LogP contribution in [0.4, 0.5) is 0 Å². The number of phenols is 2. The van der Waals surface area contributed by atoms with Crippen LogP contribution < -0.4 is 14.2 Å². The van der Waals surface area contributed by atoms with Crippen LogP contribution in [0.2, 0.25) is 0 Å². The number of fused-ring (bicyclic) bond motifs is 1. The van der Waals surface area contributed by atoms with Gasteiger partial charge < -0.3 is 29.2 Å². The number of rotatable bonds is 5. The molecule has 2 N–H and O–H groups in total. The third kappa shape index (κ3) is 3.72. The van der Waals surface area contributed by atoms with E-state index in [0.29, 0.717) is 18.6 Å². The number of carbonyl (C=O) groups excluding carboxylic acids is 1. The molecule has 1 aliphatic rings. The van der Waals surface area contributed by atoms with E-state index in [0.717, 1.165) is 28.0 Å². The maximum absolute atomic E-state index is 12.6. The lowest BCUT2D eigenvalue weighted by molar-refractivity contribution is -0.0164. The highest BCUT2D eigenvalue weighted by atomic mass is 16.6. The van der Waals surface area contributed by atoms with E-state index >= 15 is 0 Å². The van der Waals surface area contributed by atoms with Crippen LogP contribution in [0.25, 0.3) is 0 Å². The molecule has 0 saturated heterocycles. The van der Waals surface area contributed by atoms with Crippen LogP contribution in [0, 0.1) is 20.8 Å². The Morgan fingerprint density at radius 2 is 1.63 bits per heavy atom. The van der Waals surface area contributed by atoms with Crippen LogP contribution in [0.3, 0.4) is 0 Å². The van der Waals surface area contributed by atoms with E-state index in [-0.39, 0.29) is 29.4 Å². The molecule has 3 rings (SSSR count). The molecule has 0 spiro atoms. The summed E-state index contributed by atoms with van der Waals surface area (Å²) < 4.78 is 22.0. The Morgan fingerprint density at radius 1 is 1.03 bits per heavy atom. The van der Waals surface area contributed by atoms with Gasteiger partial charge in [-0.1, -0.05) is 0 Å². The highest BCUT2D eigenvalue weighted by Crippen LogP contribution is 2.43. The Bertz CT molecular complexity index is 971. The Hall–Kier alpha value is -3.09. The second-order valence-electron chi connectivity index (χ2n) is 7.89. The molecule has 2 aromatic carbocycles. The standard InChI is InChI=1S/C23H28O7/c1-12-13(2)21-16(14(3)19(12)24)7-8-23(4,30-21)11-29-22(26)15-9-17(27-5)20(25)18(10-15)28-6/h9-10,24-25H,7-8,11H2,1-6H3. The molecule has 0 bridgehead atoms. The highest BCUT2D eigenvalue weighted by molar-refractivity contribution is 5.91. The van der Waals surface area contributed by atoms with E-state index in [1.807, 2.05) is 27.7 Å². The molecule has 0 radical (unpaired) electrons. The molecule has 0 aliphatic carbocycles. The van der Waals surface area contributed by atoms with Crippen LogP contribution in [-0.4, -0.2) is 42.6 Å². The summed E-state index contributed by atoms with van der Waals surface area (Å²) in [6.45, 7) is 7.62. The summed E-state index contributed by atoms with van der Waals surface area (Å²) in [5.74, 6) is 0.548. The summed E-state index contributed by atoms with van der Waals surface area (Å²) >= 11 is 0. The van der Waals surface area contributed by atoms with Gasteiger partial charge in [0.1, 0.15) is 23.7 Å². The predicted molar refractivity (Wildman–Crippen MR) is 111 cm³/mol. The molecule has 162 valence electrons. The summed E-state index contributed by atoms with van der Waals surface area (Å²) in [7, 11) is 2.78. The number of hydrogen-bond donors (Lipinski definition) is 2. The summed E-state index contributed by atoms with van der Waals surface area (Å²) in [4.78, 5) is 12.6. The van der Waals surface area contributed by atoms with E-state index in [4.69, 9.17) is 18.9 Å². The number of ether oxygens (including phenoxy) is 4. The minimum Gasteiger partial charge on any atom is -0.507 e. The Kier molecular flexibility index (Phi) is 5.74. The van der Waals surface area contributed by atoms with Gasteiger partial charge in [-0.3, -0.25) is 0 Å². The van der Waals surface area contributed by atoms with E-state index in [1.165, 1.54) is 26.4 Å². The van der Waals surface area contributed by atoms with E-state index in [1.54, 1.807) is 0 Å². The van der Waals surface area contributed by atoms with Crippen molar-refractivity contribution < 1.29 is 34.0 Å². The molecule has 7 heteroatoms. The van der Waals surface area contributed by atoms with Crippen molar-refractivity contribution in [2.24, 2.45) is 0 Å². The van der Waals surface area contributed by atoms with Gasteiger partial charge in [-0.25, -0.2) is 4.79 Å². The molecule has 0 fully saturated rings. The molecule has 1 atom stereocenters. The molecular weight excluding hydrogens is 388 g/mol. The van der Waals surface area contributed by atoms with Gasteiger partial charge in [0.15, 0.2) is 11.5 Å². The number of methoxy groups -OCH3 is 2. The van der Waals surface area contributed by atoms with Gasteiger partial charge >= 0.3 is 5.97 Å². The highest BCUT2D eigenvalue weighted by Gasteiger charge is 2.36. The minimum atomic E-state index is -0.700. The quantitative estimate of drug-likeness (QED) is 0.712. The zero-order chi connectivity index (χ0) is 22.2. The number of benzene rings is 2. The first-order chi connectivity index (χ1) is 14.1.